The van der Waals surface area contributed by atoms with Crippen LogP contribution in [0.25, 0.3) is 0 Å². The second kappa shape index (κ2) is 5.35. The lowest BCUT2D eigenvalue weighted by molar-refractivity contribution is -0.133. The van der Waals surface area contributed by atoms with Gasteiger partial charge >= 0.3 is 0 Å². The lowest BCUT2D eigenvalue weighted by Crippen LogP contribution is -2.37. The van der Waals surface area contributed by atoms with Crippen molar-refractivity contribution in [3.8, 4) is 11.8 Å². The van der Waals surface area contributed by atoms with Gasteiger partial charge in [0.1, 0.15) is 11.8 Å². The van der Waals surface area contributed by atoms with Crippen LogP contribution in [0.4, 0.5) is 0 Å². The van der Waals surface area contributed by atoms with Crippen LogP contribution in [-0.2, 0) is 4.79 Å². The number of likely N-dealkylation sites (tertiary alicyclic amines) is 1. The molecule has 4 heteroatoms. The highest BCUT2D eigenvalue weighted by Crippen LogP contribution is 2.17. The van der Waals surface area contributed by atoms with Crippen LogP contribution in [-0.4, -0.2) is 30.0 Å². The second-order valence-corrected chi connectivity index (χ2v) is 3.98. The Morgan fingerprint density at radius 3 is 2.94 bits per heavy atom. The molecule has 2 rings (SSSR count). The third-order valence-electron chi connectivity index (χ3n) is 2.83. The molecule has 0 radical (unpaired) electrons. The summed E-state index contributed by atoms with van der Waals surface area (Å²) in [6.07, 6.45) is 1.67. The normalized spacial score (nSPS) is 18.8. The Kier molecular flexibility index (Phi) is 3.61. The molecule has 1 aromatic carbocycles. The predicted octanol–water partition coefficient (Wildman–Crippen LogP) is 1.58. The van der Waals surface area contributed by atoms with Gasteiger partial charge in [0.15, 0.2) is 6.61 Å². The monoisotopic (exact) mass is 230 g/mol. The average Bonchev–Trinajstić information content (AvgIpc) is 2.85. The number of ether oxygens (including phenoxy) is 1. The summed E-state index contributed by atoms with van der Waals surface area (Å²) in [7, 11) is 0. The Hall–Kier alpha value is -2.02. The summed E-state index contributed by atoms with van der Waals surface area (Å²) < 4.78 is 5.37. The maximum Gasteiger partial charge on any atom is 0.261 e. The third kappa shape index (κ3) is 2.76. The minimum atomic E-state index is -0.276. The first kappa shape index (κ1) is 11.5. The molecule has 0 saturated carbocycles. The quantitative estimate of drug-likeness (QED) is 0.792. The van der Waals surface area contributed by atoms with Crippen LogP contribution < -0.4 is 4.74 Å². The molecule has 1 unspecified atom stereocenters. The van der Waals surface area contributed by atoms with Gasteiger partial charge in [0, 0.05) is 6.54 Å². The summed E-state index contributed by atoms with van der Waals surface area (Å²) >= 11 is 0. The van der Waals surface area contributed by atoms with Crippen LogP contribution in [0.3, 0.4) is 0 Å². The number of amides is 1. The van der Waals surface area contributed by atoms with Gasteiger partial charge in [-0.05, 0) is 25.0 Å². The highest BCUT2D eigenvalue weighted by atomic mass is 16.5. The van der Waals surface area contributed by atoms with Crippen LogP contribution in [0, 0.1) is 11.3 Å². The van der Waals surface area contributed by atoms with Gasteiger partial charge in [0.2, 0.25) is 0 Å². The molecule has 1 aliphatic rings. The molecule has 1 aliphatic heterocycles. The minimum absolute atomic E-state index is 0.00218. The fourth-order valence-electron chi connectivity index (χ4n) is 1.94. The van der Waals surface area contributed by atoms with Crippen LogP contribution in [0.1, 0.15) is 12.8 Å². The van der Waals surface area contributed by atoms with Crippen molar-refractivity contribution in [3.63, 3.8) is 0 Å². The molecular formula is C13H14N2O2. The topological polar surface area (TPSA) is 53.3 Å². The number of nitriles is 1. The summed E-state index contributed by atoms with van der Waals surface area (Å²) in [6, 6.07) is 11.1. The Bertz CT molecular complexity index is 425. The zero-order valence-electron chi connectivity index (χ0n) is 9.50. The first-order valence-corrected chi connectivity index (χ1v) is 5.68. The summed E-state index contributed by atoms with van der Waals surface area (Å²) in [6.45, 7) is 0.664. The molecule has 0 aliphatic carbocycles. The van der Waals surface area contributed by atoms with E-state index in [2.05, 4.69) is 6.07 Å². The molecule has 1 aromatic rings. The van der Waals surface area contributed by atoms with E-state index < -0.39 is 0 Å². The van der Waals surface area contributed by atoms with Crippen molar-refractivity contribution < 1.29 is 9.53 Å². The van der Waals surface area contributed by atoms with Gasteiger partial charge in [0.25, 0.3) is 5.91 Å². The SMILES string of the molecule is N#CC1CCCN1C(=O)COc1ccccc1. The van der Waals surface area contributed by atoms with Crippen molar-refractivity contribution in [1.82, 2.24) is 4.90 Å². The first-order valence-electron chi connectivity index (χ1n) is 5.68. The van der Waals surface area contributed by atoms with Crippen LogP contribution in [0.2, 0.25) is 0 Å². The van der Waals surface area contributed by atoms with E-state index in [9.17, 15) is 4.79 Å². The molecular weight excluding hydrogens is 216 g/mol. The highest BCUT2D eigenvalue weighted by molar-refractivity contribution is 5.78. The first-order chi connectivity index (χ1) is 8.31. The van der Waals surface area contributed by atoms with Crippen molar-refractivity contribution in [3.05, 3.63) is 30.3 Å². The molecule has 17 heavy (non-hydrogen) atoms. The second-order valence-electron chi connectivity index (χ2n) is 3.98. The van der Waals surface area contributed by atoms with Crippen molar-refractivity contribution in [2.45, 2.75) is 18.9 Å². The Balaban J connectivity index is 1.88. The molecule has 88 valence electrons. The van der Waals surface area contributed by atoms with E-state index in [-0.39, 0.29) is 18.6 Å². The lowest BCUT2D eigenvalue weighted by Gasteiger charge is -2.19. The van der Waals surface area contributed by atoms with Crippen LogP contribution in [0.5, 0.6) is 5.75 Å². The van der Waals surface area contributed by atoms with E-state index in [0.29, 0.717) is 12.3 Å². The highest BCUT2D eigenvalue weighted by Gasteiger charge is 2.28. The Labute approximate surface area is 100 Å². The number of rotatable bonds is 3. The summed E-state index contributed by atoms with van der Waals surface area (Å²) in [5, 5.41) is 8.89. The van der Waals surface area contributed by atoms with Gasteiger partial charge in [-0.25, -0.2) is 0 Å². The Morgan fingerprint density at radius 2 is 2.24 bits per heavy atom. The molecule has 4 nitrogen and oxygen atoms in total. The average molecular weight is 230 g/mol. The zero-order chi connectivity index (χ0) is 12.1. The molecule has 0 aromatic heterocycles. The van der Waals surface area contributed by atoms with Crippen LogP contribution in [0.15, 0.2) is 30.3 Å². The predicted molar refractivity (Wildman–Crippen MR) is 62.3 cm³/mol. The number of para-hydroxylation sites is 1. The van der Waals surface area contributed by atoms with E-state index in [1.807, 2.05) is 18.2 Å². The Morgan fingerprint density at radius 1 is 1.47 bits per heavy atom. The van der Waals surface area contributed by atoms with Gasteiger partial charge in [0.05, 0.1) is 6.07 Å². The number of carbonyl (C=O) groups is 1. The van der Waals surface area contributed by atoms with Gasteiger partial charge in [-0.1, -0.05) is 18.2 Å². The molecule has 1 atom stereocenters. The van der Waals surface area contributed by atoms with Gasteiger partial charge in [-0.3, -0.25) is 4.79 Å². The smallest absolute Gasteiger partial charge is 0.261 e. The van der Waals surface area contributed by atoms with Gasteiger partial charge in [-0.2, -0.15) is 5.26 Å². The summed E-state index contributed by atoms with van der Waals surface area (Å²) in [5.74, 6) is 0.562. The fraction of sp³-hybridized carbons (Fsp3) is 0.385. The molecule has 1 saturated heterocycles. The van der Waals surface area contributed by atoms with Crippen molar-refractivity contribution in [1.29, 1.82) is 5.26 Å². The van der Waals surface area contributed by atoms with E-state index in [4.69, 9.17) is 10.00 Å². The molecule has 1 amide bonds. The standard InChI is InChI=1S/C13H14N2O2/c14-9-11-5-4-8-15(11)13(16)10-17-12-6-2-1-3-7-12/h1-3,6-7,11H,4-5,8,10H2. The summed E-state index contributed by atoms with van der Waals surface area (Å²) in [5.41, 5.74) is 0. The van der Waals surface area contributed by atoms with Crippen LogP contribution >= 0.6 is 0 Å². The maximum absolute atomic E-state index is 11.8. The molecule has 0 spiro atoms. The number of hydrogen-bond acceptors (Lipinski definition) is 3. The van der Waals surface area contributed by atoms with E-state index in [1.165, 1.54) is 0 Å². The number of benzene rings is 1. The third-order valence-corrected chi connectivity index (χ3v) is 2.83. The fourth-order valence-corrected chi connectivity index (χ4v) is 1.94. The molecule has 1 heterocycles. The number of nitrogens with zero attached hydrogens (tertiary/aromatic N) is 2. The molecule has 0 bridgehead atoms. The zero-order valence-corrected chi connectivity index (χ0v) is 9.50. The van der Waals surface area contributed by atoms with Crippen molar-refractivity contribution in [2.75, 3.05) is 13.2 Å². The molecule has 1 fully saturated rings. The number of hydrogen-bond donors (Lipinski definition) is 0. The van der Waals surface area contributed by atoms with E-state index in [1.54, 1.807) is 17.0 Å². The maximum atomic E-state index is 11.8. The number of carbonyl (C=O) groups excluding carboxylic acids is 1. The van der Waals surface area contributed by atoms with Gasteiger partial charge in [-0.15, -0.1) is 0 Å². The van der Waals surface area contributed by atoms with Crippen molar-refractivity contribution >= 4 is 5.91 Å². The largest absolute Gasteiger partial charge is 0.484 e. The molecule has 0 N–H and O–H groups in total. The van der Waals surface area contributed by atoms with Crippen molar-refractivity contribution in [2.24, 2.45) is 0 Å². The van der Waals surface area contributed by atoms with Gasteiger partial charge < -0.3 is 9.64 Å². The van der Waals surface area contributed by atoms with E-state index >= 15 is 0 Å². The lowest BCUT2D eigenvalue weighted by atomic mass is 10.2. The summed E-state index contributed by atoms with van der Waals surface area (Å²) in [4.78, 5) is 13.4. The van der Waals surface area contributed by atoms with E-state index in [0.717, 1.165) is 12.8 Å². The minimum Gasteiger partial charge on any atom is -0.484 e.